The minimum absolute atomic E-state index is 0.0242. The third-order valence-electron chi connectivity index (χ3n) is 7.07. The third-order valence-corrected chi connectivity index (χ3v) is 7.07. The molecule has 31 heavy (non-hydrogen) atoms. The van der Waals surface area contributed by atoms with Crippen LogP contribution in [0.1, 0.15) is 56.6 Å². The lowest BCUT2D eigenvalue weighted by Crippen LogP contribution is -2.59. The molecule has 6 nitrogen and oxygen atoms in total. The van der Waals surface area contributed by atoms with Crippen molar-refractivity contribution in [1.82, 2.24) is 4.90 Å². The molecule has 1 saturated carbocycles. The van der Waals surface area contributed by atoms with Gasteiger partial charge in [-0.05, 0) is 80.7 Å². The number of aryl methyl sites for hydroxylation is 1. The number of likely N-dealkylation sites (tertiary alicyclic amines) is 1. The van der Waals surface area contributed by atoms with E-state index < -0.39 is 0 Å². The normalized spacial score (nSPS) is 28.0. The molecule has 2 aliphatic carbocycles. The molecule has 2 amide bonds. The van der Waals surface area contributed by atoms with Gasteiger partial charge in [-0.1, -0.05) is 13.0 Å². The summed E-state index contributed by atoms with van der Waals surface area (Å²) in [7, 11) is 3.21. The second-order valence-electron chi connectivity index (χ2n) is 8.08. The van der Waals surface area contributed by atoms with Crippen molar-refractivity contribution < 1.29 is 19.1 Å². The second kappa shape index (κ2) is 11.7. The zero-order chi connectivity index (χ0) is 23.8. The summed E-state index contributed by atoms with van der Waals surface area (Å²) in [6.07, 6.45) is 12.5. The Hall–Kier alpha value is -2.65. The van der Waals surface area contributed by atoms with Crippen molar-refractivity contribution in [1.29, 1.82) is 0 Å². The van der Waals surface area contributed by atoms with E-state index in [0.29, 0.717) is 24.8 Å². The SMILES string of the molecule is C#C.C=O.CCN1C(=O)CC2C3CCc4cc(OC)ccc4C3CC[C@]2(C)C1=O.CN. The van der Waals surface area contributed by atoms with Crippen molar-refractivity contribution in [3.05, 3.63) is 29.3 Å². The first kappa shape index (κ1) is 26.4. The number of rotatable bonds is 2. The van der Waals surface area contributed by atoms with Gasteiger partial charge in [0.1, 0.15) is 12.5 Å². The third kappa shape index (κ3) is 4.67. The minimum atomic E-state index is -0.366. The Balaban J connectivity index is 0.000000739. The summed E-state index contributed by atoms with van der Waals surface area (Å²) in [5.74, 6) is 2.10. The van der Waals surface area contributed by atoms with Crippen LogP contribution in [0, 0.1) is 30.1 Å². The number of fused-ring (bicyclic) bond motifs is 5. The van der Waals surface area contributed by atoms with Gasteiger partial charge < -0.3 is 15.3 Å². The van der Waals surface area contributed by atoms with Gasteiger partial charge in [0.25, 0.3) is 0 Å². The molecule has 1 heterocycles. The highest BCUT2D eigenvalue weighted by molar-refractivity contribution is 6.01. The van der Waals surface area contributed by atoms with Gasteiger partial charge >= 0.3 is 0 Å². The Morgan fingerprint density at radius 1 is 1.23 bits per heavy atom. The highest BCUT2D eigenvalue weighted by Crippen LogP contribution is 2.58. The number of hydrogen-bond donors (Lipinski definition) is 1. The van der Waals surface area contributed by atoms with Crippen molar-refractivity contribution in [2.24, 2.45) is 23.0 Å². The number of terminal acetylenes is 1. The molecule has 3 unspecified atom stereocenters. The molecular weight excluding hydrogens is 392 g/mol. The van der Waals surface area contributed by atoms with Crippen molar-refractivity contribution >= 4 is 18.6 Å². The fraction of sp³-hybridized carbons (Fsp3) is 0.560. The summed E-state index contributed by atoms with van der Waals surface area (Å²) in [5.41, 5.74) is 6.93. The van der Waals surface area contributed by atoms with Crippen molar-refractivity contribution in [2.75, 3.05) is 20.7 Å². The quantitative estimate of drug-likeness (QED) is 0.577. The molecule has 170 valence electrons. The topological polar surface area (TPSA) is 89.7 Å². The van der Waals surface area contributed by atoms with Crippen LogP contribution in [0.4, 0.5) is 0 Å². The molecule has 3 aliphatic rings. The first-order valence-electron chi connectivity index (χ1n) is 10.7. The van der Waals surface area contributed by atoms with E-state index in [9.17, 15) is 9.59 Å². The van der Waals surface area contributed by atoms with Crippen LogP contribution < -0.4 is 10.5 Å². The van der Waals surface area contributed by atoms with E-state index in [1.807, 2.05) is 19.8 Å². The number of carbonyl (C=O) groups excluding carboxylic acids is 3. The molecule has 2 fully saturated rings. The van der Waals surface area contributed by atoms with Crippen LogP contribution >= 0.6 is 0 Å². The first-order valence-corrected chi connectivity index (χ1v) is 10.7. The number of carbonyl (C=O) groups is 3. The average Bonchev–Trinajstić information content (AvgIpc) is 2.83. The molecule has 0 aromatic heterocycles. The van der Waals surface area contributed by atoms with E-state index in [1.54, 1.807) is 7.11 Å². The molecule has 0 bridgehead atoms. The highest BCUT2D eigenvalue weighted by atomic mass is 16.5. The zero-order valence-electron chi connectivity index (χ0n) is 19.2. The lowest BCUT2D eigenvalue weighted by Gasteiger charge is -2.54. The fourth-order valence-electron chi connectivity index (χ4n) is 5.69. The maximum Gasteiger partial charge on any atom is 0.235 e. The van der Waals surface area contributed by atoms with Gasteiger partial charge in [-0.15, -0.1) is 12.8 Å². The fourth-order valence-corrected chi connectivity index (χ4v) is 5.69. The minimum Gasteiger partial charge on any atom is -0.497 e. The van der Waals surface area contributed by atoms with Crippen LogP contribution in [0.3, 0.4) is 0 Å². The molecule has 1 aromatic carbocycles. The smallest absolute Gasteiger partial charge is 0.235 e. The number of amides is 2. The largest absolute Gasteiger partial charge is 0.497 e. The average molecular weight is 429 g/mol. The van der Waals surface area contributed by atoms with E-state index in [0.717, 1.165) is 31.4 Å². The number of ether oxygens (including phenoxy) is 1. The van der Waals surface area contributed by atoms with Crippen LogP contribution in [-0.4, -0.2) is 44.2 Å². The van der Waals surface area contributed by atoms with E-state index in [2.05, 4.69) is 37.6 Å². The van der Waals surface area contributed by atoms with Crippen molar-refractivity contribution in [3.8, 4) is 18.6 Å². The molecule has 4 atom stereocenters. The summed E-state index contributed by atoms with van der Waals surface area (Å²) in [5, 5.41) is 0. The molecule has 0 radical (unpaired) electrons. The first-order chi connectivity index (χ1) is 15.0. The molecule has 0 spiro atoms. The number of benzene rings is 1. The molecule has 2 N–H and O–H groups in total. The summed E-state index contributed by atoms with van der Waals surface area (Å²) in [6.45, 7) is 6.50. The maximum absolute atomic E-state index is 13.0. The predicted octanol–water partition coefficient (Wildman–Crippen LogP) is 3.18. The number of piperidine rings is 1. The zero-order valence-corrected chi connectivity index (χ0v) is 19.2. The van der Waals surface area contributed by atoms with Crippen LogP contribution in [0.15, 0.2) is 18.2 Å². The molecule has 1 aromatic rings. The second-order valence-corrected chi connectivity index (χ2v) is 8.08. The van der Waals surface area contributed by atoms with Crippen LogP contribution in [0.25, 0.3) is 0 Å². The Morgan fingerprint density at radius 2 is 1.87 bits per heavy atom. The van der Waals surface area contributed by atoms with Crippen LogP contribution in [0.2, 0.25) is 0 Å². The predicted molar refractivity (Wildman–Crippen MR) is 123 cm³/mol. The highest BCUT2D eigenvalue weighted by Gasteiger charge is 2.56. The van der Waals surface area contributed by atoms with E-state index >= 15 is 0 Å². The Bertz CT molecular complexity index is 791. The van der Waals surface area contributed by atoms with E-state index in [1.165, 1.54) is 23.1 Å². The number of nitrogens with two attached hydrogens (primary N) is 1. The molecular formula is C25H36N2O4. The van der Waals surface area contributed by atoms with Crippen molar-refractivity contribution in [2.45, 2.75) is 51.9 Å². The number of methoxy groups -OCH3 is 1. The Kier molecular flexibility index (Phi) is 9.93. The summed E-state index contributed by atoms with van der Waals surface area (Å²) in [6, 6.07) is 6.42. The van der Waals surface area contributed by atoms with E-state index in [4.69, 9.17) is 9.53 Å². The van der Waals surface area contributed by atoms with Gasteiger partial charge in [0.15, 0.2) is 0 Å². The Morgan fingerprint density at radius 3 is 2.45 bits per heavy atom. The van der Waals surface area contributed by atoms with E-state index in [-0.39, 0.29) is 23.1 Å². The lowest BCUT2D eigenvalue weighted by atomic mass is 9.52. The number of hydrogen-bond acceptors (Lipinski definition) is 5. The van der Waals surface area contributed by atoms with Gasteiger partial charge in [0, 0.05) is 13.0 Å². The van der Waals surface area contributed by atoms with Gasteiger partial charge in [-0.25, -0.2) is 0 Å². The van der Waals surface area contributed by atoms with Crippen LogP contribution in [-0.2, 0) is 20.8 Å². The molecule has 4 rings (SSSR count). The molecule has 6 heteroatoms. The van der Waals surface area contributed by atoms with Crippen LogP contribution in [0.5, 0.6) is 5.75 Å². The number of nitrogens with zero attached hydrogens (tertiary/aromatic N) is 1. The maximum atomic E-state index is 13.0. The van der Waals surface area contributed by atoms with Gasteiger partial charge in [0.05, 0.1) is 12.5 Å². The Labute approximate surface area is 186 Å². The molecule has 1 saturated heterocycles. The summed E-state index contributed by atoms with van der Waals surface area (Å²) < 4.78 is 5.38. The standard InChI is InChI=1S/C21H27NO3.C2H2.CH5N.CH2O/c1-4-22-19(23)12-18-17-7-5-13-11-14(25-3)6-8-15(13)16(17)9-10-21(18,2)20(22)24;3*1-2/h6,8,11,16-18H,4-5,7,9-10,12H2,1-3H3;1-2H;2H2,1H3;1H2/t16?,17?,18?,21-;;;/m0.../s1. The van der Waals surface area contributed by atoms with Gasteiger partial charge in [-0.3, -0.25) is 14.5 Å². The van der Waals surface area contributed by atoms with Crippen molar-refractivity contribution in [3.63, 3.8) is 0 Å². The number of imide groups is 1. The monoisotopic (exact) mass is 428 g/mol. The summed E-state index contributed by atoms with van der Waals surface area (Å²) in [4.78, 5) is 35.0. The lowest BCUT2D eigenvalue weighted by molar-refractivity contribution is -0.167. The molecule has 1 aliphatic heterocycles. The van der Waals surface area contributed by atoms with Gasteiger partial charge in [0.2, 0.25) is 11.8 Å². The summed E-state index contributed by atoms with van der Waals surface area (Å²) >= 11 is 0. The van der Waals surface area contributed by atoms with Gasteiger partial charge in [-0.2, -0.15) is 0 Å².